The predicted molar refractivity (Wildman–Crippen MR) is 51.4 cm³/mol. The SMILES string of the molecule is CCc1noc(Cn2ccsc2=O)n1. The highest BCUT2D eigenvalue weighted by molar-refractivity contribution is 7.07. The highest BCUT2D eigenvalue weighted by Gasteiger charge is 2.06. The Morgan fingerprint density at radius 1 is 1.64 bits per heavy atom. The lowest BCUT2D eigenvalue weighted by Gasteiger charge is -1.92. The molecule has 74 valence electrons. The first-order chi connectivity index (χ1) is 6.79. The van der Waals surface area contributed by atoms with Crippen LogP contribution in [0.5, 0.6) is 0 Å². The summed E-state index contributed by atoms with van der Waals surface area (Å²) < 4.78 is 6.51. The van der Waals surface area contributed by atoms with Crippen molar-refractivity contribution in [3.63, 3.8) is 0 Å². The van der Waals surface area contributed by atoms with E-state index >= 15 is 0 Å². The van der Waals surface area contributed by atoms with E-state index < -0.39 is 0 Å². The molecule has 0 fully saturated rings. The van der Waals surface area contributed by atoms with Crippen LogP contribution in [0.15, 0.2) is 20.9 Å². The van der Waals surface area contributed by atoms with Gasteiger partial charge in [-0.05, 0) is 0 Å². The van der Waals surface area contributed by atoms with Gasteiger partial charge in [0, 0.05) is 18.0 Å². The molecule has 2 aromatic heterocycles. The third kappa shape index (κ3) is 1.74. The van der Waals surface area contributed by atoms with E-state index in [1.165, 1.54) is 4.57 Å². The van der Waals surface area contributed by atoms with Crippen molar-refractivity contribution in [2.24, 2.45) is 0 Å². The highest BCUT2D eigenvalue weighted by atomic mass is 32.1. The minimum Gasteiger partial charge on any atom is -0.337 e. The summed E-state index contributed by atoms with van der Waals surface area (Å²) >= 11 is 1.15. The van der Waals surface area contributed by atoms with Crippen molar-refractivity contribution in [2.75, 3.05) is 0 Å². The van der Waals surface area contributed by atoms with E-state index in [4.69, 9.17) is 4.52 Å². The van der Waals surface area contributed by atoms with Crippen LogP contribution in [0.3, 0.4) is 0 Å². The molecule has 0 saturated heterocycles. The van der Waals surface area contributed by atoms with E-state index in [1.54, 1.807) is 11.6 Å². The average molecular weight is 211 g/mol. The minimum atomic E-state index is -0.0127. The molecule has 5 nitrogen and oxygen atoms in total. The number of hydrogen-bond acceptors (Lipinski definition) is 5. The summed E-state index contributed by atoms with van der Waals surface area (Å²) in [7, 11) is 0. The first kappa shape index (κ1) is 9.14. The van der Waals surface area contributed by atoms with Gasteiger partial charge in [0.25, 0.3) is 0 Å². The maximum absolute atomic E-state index is 11.2. The average Bonchev–Trinajstić information content (AvgIpc) is 2.77. The molecule has 0 N–H and O–H groups in total. The van der Waals surface area contributed by atoms with Gasteiger partial charge in [-0.15, -0.1) is 0 Å². The Morgan fingerprint density at radius 3 is 3.07 bits per heavy atom. The number of thiazole rings is 1. The van der Waals surface area contributed by atoms with Gasteiger partial charge in [-0.1, -0.05) is 23.4 Å². The van der Waals surface area contributed by atoms with Crippen molar-refractivity contribution in [2.45, 2.75) is 19.9 Å². The van der Waals surface area contributed by atoms with E-state index in [1.807, 2.05) is 6.92 Å². The summed E-state index contributed by atoms with van der Waals surface area (Å²) in [5, 5.41) is 5.48. The fourth-order valence-corrected chi connectivity index (χ4v) is 1.64. The van der Waals surface area contributed by atoms with Crippen LogP contribution in [0, 0.1) is 0 Å². The Bertz CT molecular complexity index is 471. The van der Waals surface area contributed by atoms with Gasteiger partial charge < -0.3 is 4.52 Å². The van der Waals surface area contributed by atoms with E-state index in [0.717, 1.165) is 17.8 Å². The molecule has 2 rings (SSSR count). The normalized spacial score (nSPS) is 10.6. The molecule has 0 amide bonds. The van der Waals surface area contributed by atoms with Crippen LogP contribution in [0.25, 0.3) is 0 Å². The lowest BCUT2D eigenvalue weighted by molar-refractivity contribution is 0.366. The lowest BCUT2D eigenvalue weighted by atomic mass is 10.5. The molecule has 0 aliphatic carbocycles. The molecular formula is C8H9N3O2S. The quantitative estimate of drug-likeness (QED) is 0.756. The smallest absolute Gasteiger partial charge is 0.307 e. The third-order valence-electron chi connectivity index (χ3n) is 1.78. The topological polar surface area (TPSA) is 60.9 Å². The summed E-state index contributed by atoms with van der Waals surface area (Å²) in [5.74, 6) is 1.14. The first-order valence-electron chi connectivity index (χ1n) is 4.25. The molecule has 0 bridgehead atoms. The zero-order chi connectivity index (χ0) is 9.97. The monoisotopic (exact) mass is 211 g/mol. The number of aromatic nitrogens is 3. The maximum Gasteiger partial charge on any atom is 0.307 e. The Balaban J connectivity index is 2.19. The number of aryl methyl sites for hydroxylation is 1. The standard InChI is InChI=1S/C8H9N3O2S/c1-2-6-9-7(13-10-6)5-11-3-4-14-8(11)12/h3-4H,2,5H2,1H3. The van der Waals surface area contributed by atoms with Crippen LogP contribution in [0.2, 0.25) is 0 Å². The van der Waals surface area contributed by atoms with Crippen molar-refractivity contribution in [3.05, 3.63) is 33.0 Å². The van der Waals surface area contributed by atoms with Gasteiger partial charge in [0.1, 0.15) is 6.54 Å². The first-order valence-corrected chi connectivity index (χ1v) is 5.13. The van der Waals surface area contributed by atoms with Crippen LogP contribution in [-0.4, -0.2) is 14.7 Å². The summed E-state index contributed by atoms with van der Waals surface area (Å²) in [4.78, 5) is 15.3. The lowest BCUT2D eigenvalue weighted by Crippen LogP contribution is -2.12. The number of rotatable bonds is 3. The highest BCUT2D eigenvalue weighted by Crippen LogP contribution is 2.00. The Labute approximate surface area is 84.0 Å². The Morgan fingerprint density at radius 2 is 2.50 bits per heavy atom. The van der Waals surface area contributed by atoms with Crippen LogP contribution < -0.4 is 4.87 Å². The zero-order valence-corrected chi connectivity index (χ0v) is 8.45. The van der Waals surface area contributed by atoms with Gasteiger partial charge >= 0.3 is 4.87 Å². The summed E-state index contributed by atoms with van der Waals surface area (Å²) in [5.41, 5.74) is 0. The summed E-state index contributed by atoms with van der Waals surface area (Å²) in [6, 6.07) is 0. The molecule has 0 aliphatic heterocycles. The largest absolute Gasteiger partial charge is 0.337 e. The zero-order valence-electron chi connectivity index (χ0n) is 7.64. The van der Waals surface area contributed by atoms with Crippen LogP contribution >= 0.6 is 11.3 Å². The molecule has 0 aromatic carbocycles. The van der Waals surface area contributed by atoms with E-state index in [0.29, 0.717) is 18.3 Å². The summed E-state index contributed by atoms with van der Waals surface area (Å²) in [6.07, 6.45) is 2.45. The Hall–Kier alpha value is -1.43. The van der Waals surface area contributed by atoms with Crippen molar-refractivity contribution in [3.8, 4) is 0 Å². The molecule has 14 heavy (non-hydrogen) atoms. The number of nitrogens with zero attached hydrogens (tertiary/aromatic N) is 3. The van der Waals surface area contributed by atoms with Crippen LogP contribution in [0.1, 0.15) is 18.6 Å². The fourth-order valence-electron chi connectivity index (χ4n) is 1.05. The molecule has 0 atom stereocenters. The van der Waals surface area contributed by atoms with Crippen molar-refractivity contribution < 1.29 is 4.52 Å². The van der Waals surface area contributed by atoms with Crippen LogP contribution in [0.4, 0.5) is 0 Å². The van der Waals surface area contributed by atoms with Gasteiger partial charge in [-0.25, -0.2) is 0 Å². The molecule has 2 heterocycles. The molecule has 0 radical (unpaired) electrons. The van der Waals surface area contributed by atoms with Gasteiger partial charge in [0.2, 0.25) is 5.89 Å². The maximum atomic E-state index is 11.2. The fraction of sp³-hybridized carbons (Fsp3) is 0.375. The van der Waals surface area contributed by atoms with Gasteiger partial charge in [-0.2, -0.15) is 4.98 Å². The van der Waals surface area contributed by atoms with E-state index in [9.17, 15) is 4.79 Å². The minimum absolute atomic E-state index is 0.0127. The molecule has 2 aromatic rings. The van der Waals surface area contributed by atoms with Crippen molar-refractivity contribution >= 4 is 11.3 Å². The number of hydrogen-bond donors (Lipinski definition) is 0. The molecule has 6 heteroatoms. The molecular weight excluding hydrogens is 202 g/mol. The second-order valence-corrected chi connectivity index (χ2v) is 3.61. The molecule has 0 spiro atoms. The summed E-state index contributed by atoms with van der Waals surface area (Å²) in [6.45, 7) is 2.31. The van der Waals surface area contributed by atoms with Gasteiger partial charge in [0.05, 0.1) is 0 Å². The van der Waals surface area contributed by atoms with Crippen molar-refractivity contribution in [1.82, 2.24) is 14.7 Å². The Kier molecular flexibility index (Phi) is 2.45. The molecule has 0 unspecified atom stereocenters. The van der Waals surface area contributed by atoms with Crippen LogP contribution in [-0.2, 0) is 13.0 Å². The molecule has 0 aliphatic rings. The second-order valence-electron chi connectivity index (χ2n) is 2.75. The third-order valence-corrected chi connectivity index (χ3v) is 2.47. The van der Waals surface area contributed by atoms with E-state index in [2.05, 4.69) is 10.1 Å². The second kappa shape index (κ2) is 3.75. The van der Waals surface area contributed by atoms with Gasteiger partial charge in [0.15, 0.2) is 5.82 Å². The van der Waals surface area contributed by atoms with Crippen molar-refractivity contribution in [1.29, 1.82) is 0 Å². The predicted octanol–water partition coefficient (Wildman–Crippen LogP) is 0.903. The van der Waals surface area contributed by atoms with Gasteiger partial charge in [-0.3, -0.25) is 9.36 Å². The molecule has 0 saturated carbocycles. The van der Waals surface area contributed by atoms with E-state index in [-0.39, 0.29) is 4.87 Å².